The van der Waals surface area contributed by atoms with Gasteiger partial charge >= 0.3 is 0 Å². The molecule has 1 unspecified atom stereocenters. The van der Waals surface area contributed by atoms with E-state index in [1.54, 1.807) is 0 Å². The van der Waals surface area contributed by atoms with E-state index in [0.29, 0.717) is 25.8 Å². The minimum Gasteiger partial charge on any atom is -0.394 e. The Morgan fingerprint density at radius 2 is 1.11 bits per heavy atom. The van der Waals surface area contributed by atoms with Crippen LogP contribution in [0, 0.1) is 0 Å². The van der Waals surface area contributed by atoms with E-state index in [1.165, 1.54) is 10.5 Å². The molecule has 0 aliphatic rings. The summed E-state index contributed by atoms with van der Waals surface area (Å²) in [4.78, 5) is 13.5. The van der Waals surface area contributed by atoms with Crippen molar-refractivity contribution in [3.05, 3.63) is 35.4 Å². The Balaban J connectivity index is -0.00000645. The van der Waals surface area contributed by atoms with Crippen molar-refractivity contribution in [2.75, 3.05) is 45.9 Å². The molecule has 9 atom stereocenters. The molecule has 1 aromatic carbocycles. The Morgan fingerprint density at radius 3 is 1.51 bits per heavy atom. The fourth-order valence-corrected chi connectivity index (χ4v) is 4.71. The van der Waals surface area contributed by atoms with Crippen LogP contribution < -0.4 is 16.8 Å². The molecule has 0 heterocycles. The van der Waals surface area contributed by atoms with Crippen molar-refractivity contribution in [1.82, 2.24) is 10.2 Å². The molecule has 15 nitrogen and oxygen atoms in total. The molecule has 15 N–H and O–H groups in total. The number of nitrogens with one attached hydrogen (secondary N) is 1. The van der Waals surface area contributed by atoms with Crippen molar-refractivity contribution in [2.24, 2.45) is 11.5 Å². The van der Waals surface area contributed by atoms with Crippen molar-refractivity contribution >= 4 is 43.1 Å². The molecule has 1 amide bonds. The number of hydrogen-bond donors (Lipinski definition) is 13. The molecule has 0 saturated carbocycles. The minimum absolute atomic E-state index is 0. The van der Waals surface area contributed by atoms with Crippen LogP contribution in [0.5, 0.6) is 0 Å². The molecule has 0 saturated heterocycles. The first-order valence-corrected chi connectivity index (χ1v) is 15.0. The zero-order valence-electron chi connectivity index (χ0n) is 26.4. The number of nitrogens with two attached hydrogens (primary N) is 2. The molecule has 0 radical (unpaired) electrons. The van der Waals surface area contributed by atoms with Gasteiger partial charge in [0.1, 0.15) is 36.6 Å². The topological polar surface area (TPSA) is 287 Å². The highest BCUT2D eigenvalue weighted by Gasteiger charge is 2.34. The van der Waals surface area contributed by atoms with Crippen molar-refractivity contribution in [1.29, 1.82) is 0 Å². The maximum atomic E-state index is 12.1. The number of unbranched alkanes of at least 4 members (excludes halogenated alkanes) is 1. The van der Waals surface area contributed by atoms with E-state index in [4.69, 9.17) is 21.7 Å². The van der Waals surface area contributed by atoms with Gasteiger partial charge < -0.3 is 67.8 Å². The zero-order valence-corrected chi connectivity index (χ0v) is 28.9. The fourth-order valence-electron chi connectivity index (χ4n) is 4.71. The summed E-state index contributed by atoms with van der Waals surface area (Å²) >= 11 is 0. The van der Waals surface area contributed by atoms with Gasteiger partial charge in [0, 0.05) is 13.1 Å². The van der Waals surface area contributed by atoms with E-state index in [9.17, 15) is 45.6 Å². The van der Waals surface area contributed by atoms with Gasteiger partial charge in [-0.2, -0.15) is 0 Å². The Labute approximate surface area is 294 Å². The quantitative estimate of drug-likeness (QED) is 0.0428. The highest BCUT2D eigenvalue weighted by molar-refractivity contribution is 5.86. The van der Waals surface area contributed by atoms with Crippen LogP contribution in [0.2, 0.25) is 0 Å². The summed E-state index contributed by atoms with van der Waals surface area (Å²) < 4.78 is 0. The summed E-state index contributed by atoms with van der Waals surface area (Å²) in [6.07, 6.45) is -9.96. The molecule has 47 heavy (non-hydrogen) atoms. The smallest absolute Gasteiger partial charge is 0.234 e. The van der Waals surface area contributed by atoms with Crippen LogP contribution in [-0.4, -0.2) is 163 Å². The number of aliphatic hydroxyl groups is 10. The molecule has 1 rings (SSSR count). The number of amides is 1. The fraction of sp³-hybridized carbons (Fsp3) is 0.759. The Morgan fingerprint density at radius 1 is 0.681 bits per heavy atom. The highest BCUT2D eigenvalue weighted by atomic mass is 35.5. The van der Waals surface area contributed by atoms with E-state index in [0.717, 1.165) is 24.8 Å². The number of rotatable bonds is 25. The minimum atomic E-state index is -1.88. The normalized spacial score (nSPS) is 17.1. The number of carbonyl (C=O) groups excluding carboxylic acids is 1. The van der Waals surface area contributed by atoms with Crippen LogP contribution in [0.4, 0.5) is 0 Å². The number of halogens is 3. The molecule has 0 aliphatic heterocycles. The predicted octanol–water partition coefficient (Wildman–Crippen LogP) is -3.83. The van der Waals surface area contributed by atoms with Gasteiger partial charge in [-0.1, -0.05) is 24.3 Å². The zero-order chi connectivity index (χ0) is 33.2. The first-order chi connectivity index (χ1) is 20.9. The first kappa shape index (κ1) is 50.4. The molecule has 1 aromatic rings. The summed E-state index contributed by atoms with van der Waals surface area (Å²) in [5.41, 5.74) is 13.4. The molecular formula is C29H57Cl3N4O11. The number of carbonyl (C=O) groups is 1. The van der Waals surface area contributed by atoms with E-state index in [2.05, 4.69) is 17.4 Å². The van der Waals surface area contributed by atoms with Crippen LogP contribution in [0.25, 0.3) is 0 Å². The summed E-state index contributed by atoms with van der Waals surface area (Å²) in [6, 6.07) is 7.49. The van der Waals surface area contributed by atoms with Gasteiger partial charge in [-0.3, -0.25) is 9.69 Å². The van der Waals surface area contributed by atoms with Gasteiger partial charge in [0.15, 0.2) is 0 Å². The Bertz CT molecular complexity index is 887. The lowest BCUT2D eigenvalue weighted by molar-refractivity contribution is -0.130. The van der Waals surface area contributed by atoms with Crippen molar-refractivity contribution in [3.8, 4) is 0 Å². The lowest BCUT2D eigenvalue weighted by atomic mass is 10.0. The van der Waals surface area contributed by atoms with Gasteiger partial charge in [-0.05, 0) is 69.3 Å². The van der Waals surface area contributed by atoms with E-state index >= 15 is 0 Å². The van der Waals surface area contributed by atoms with Crippen LogP contribution >= 0.6 is 37.2 Å². The number of primary amides is 1. The van der Waals surface area contributed by atoms with Crippen molar-refractivity contribution in [3.63, 3.8) is 0 Å². The molecule has 0 spiro atoms. The first-order valence-electron chi connectivity index (χ1n) is 15.0. The average molecular weight is 744 g/mol. The van der Waals surface area contributed by atoms with Gasteiger partial charge in [0.05, 0.1) is 31.5 Å². The standard InChI is InChI=1S/C29H54N4O11.3ClH/c30-11-2-1-4-18-5-7-19(8-6-18)9-10-20(29(31)44)32-12-3-13-33(14-21(36)25(40)27(42)23(38)16-34)15-22(37)26(41)28(43)24(39)17-35;;;/h5-8,20-28,32,34-43H,1-4,9-17,30H2,(H2,31,44);3*1H/t20?,21-,22-,23+,24+,25+,26+,27+,28+;;;/m0.../s1. The summed E-state index contributed by atoms with van der Waals surface area (Å²) in [7, 11) is 0. The van der Waals surface area contributed by atoms with Crippen LogP contribution in [0.3, 0.4) is 0 Å². The van der Waals surface area contributed by atoms with Crippen molar-refractivity contribution < 1.29 is 55.9 Å². The average Bonchev–Trinajstić information content (AvgIpc) is 3.02. The molecule has 18 heteroatoms. The third-order valence-electron chi connectivity index (χ3n) is 7.59. The molecule has 280 valence electrons. The maximum absolute atomic E-state index is 12.1. The molecule has 0 aliphatic carbocycles. The van der Waals surface area contributed by atoms with E-state index < -0.39 is 74.0 Å². The predicted molar refractivity (Wildman–Crippen MR) is 183 cm³/mol. The maximum Gasteiger partial charge on any atom is 0.234 e. The number of aryl methyl sites for hydroxylation is 2. The lowest BCUT2D eigenvalue weighted by Crippen LogP contribution is -2.53. The van der Waals surface area contributed by atoms with Crippen LogP contribution in [0.1, 0.15) is 36.8 Å². The van der Waals surface area contributed by atoms with Gasteiger partial charge in [-0.25, -0.2) is 0 Å². The number of hydrogen-bond acceptors (Lipinski definition) is 14. The SMILES string of the molecule is Cl.Cl.Cl.NCCCCc1ccc(CCC(NCCCN(C[C@H](O)[C@@H](O)[C@H](O)[C@H](O)CO)C[C@H](O)[C@@H](O)[C@H](O)[C@H](O)CO)C(N)=O)cc1. The molecule has 0 bridgehead atoms. The monoisotopic (exact) mass is 742 g/mol. The number of nitrogens with zero attached hydrogens (tertiary/aromatic N) is 1. The number of benzene rings is 1. The van der Waals surface area contributed by atoms with Crippen molar-refractivity contribution in [2.45, 2.75) is 93.4 Å². The Kier molecular flexibility index (Phi) is 29.8. The summed E-state index contributed by atoms with van der Waals surface area (Å²) in [5.74, 6) is -0.537. The van der Waals surface area contributed by atoms with Crippen LogP contribution in [0.15, 0.2) is 24.3 Å². The van der Waals surface area contributed by atoms with Gasteiger partial charge in [-0.15, -0.1) is 37.2 Å². The second-order valence-electron chi connectivity index (χ2n) is 11.2. The van der Waals surface area contributed by atoms with Crippen LogP contribution in [-0.2, 0) is 17.6 Å². The second kappa shape index (κ2) is 27.8. The second-order valence-corrected chi connectivity index (χ2v) is 11.2. The van der Waals surface area contributed by atoms with E-state index in [1.807, 2.05) is 12.1 Å². The summed E-state index contributed by atoms with van der Waals surface area (Å²) in [6.45, 7) is -1.42. The van der Waals surface area contributed by atoms with E-state index in [-0.39, 0.29) is 63.4 Å². The van der Waals surface area contributed by atoms with Gasteiger partial charge in [0.2, 0.25) is 5.91 Å². The third kappa shape index (κ3) is 19.1. The number of aliphatic hydroxyl groups excluding tert-OH is 10. The lowest BCUT2D eigenvalue weighted by Gasteiger charge is -2.33. The van der Waals surface area contributed by atoms with Gasteiger partial charge in [0.25, 0.3) is 0 Å². The molecular weight excluding hydrogens is 687 g/mol. The molecule has 0 aromatic heterocycles. The summed E-state index contributed by atoms with van der Waals surface area (Å²) in [5, 5.41) is 102. The Hall–Kier alpha value is -0.960. The molecule has 0 fully saturated rings. The third-order valence-corrected chi connectivity index (χ3v) is 7.59. The highest BCUT2D eigenvalue weighted by Crippen LogP contribution is 2.13. The largest absolute Gasteiger partial charge is 0.394 e.